The van der Waals surface area contributed by atoms with Crippen LogP contribution < -0.4 is 10.1 Å². The van der Waals surface area contributed by atoms with Crippen LogP contribution in [0.5, 0.6) is 5.75 Å². The second-order valence-corrected chi connectivity index (χ2v) is 8.24. The van der Waals surface area contributed by atoms with E-state index in [1.54, 1.807) is 54.9 Å². The molecule has 4 rings (SSSR count). The minimum Gasteiger partial charge on any atom is -0.471 e. The van der Waals surface area contributed by atoms with Gasteiger partial charge in [-0.15, -0.1) is 0 Å². The third-order valence-corrected chi connectivity index (χ3v) is 5.57. The van der Waals surface area contributed by atoms with Gasteiger partial charge in [0.15, 0.2) is 6.73 Å². The summed E-state index contributed by atoms with van der Waals surface area (Å²) in [5.74, 6) is 0.144. The van der Waals surface area contributed by atoms with Gasteiger partial charge in [0.2, 0.25) is 0 Å². The van der Waals surface area contributed by atoms with Crippen LogP contribution in [0.4, 0.5) is 18.9 Å². The predicted molar refractivity (Wildman–Crippen MR) is 125 cm³/mol. The highest BCUT2D eigenvalue weighted by Crippen LogP contribution is 2.30. The van der Waals surface area contributed by atoms with Gasteiger partial charge < -0.3 is 10.1 Å². The topological polar surface area (TPSA) is 74.0 Å². The summed E-state index contributed by atoms with van der Waals surface area (Å²) >= 11 is 5.87. The van der Waals surface area contributed by atoms with Gasteiger partial charge in [0.1, 0.15) is 11.4 Å². The lowest BCUT2D eigenvalue weighted by molar-refractivity contribution is -0.137. The van der Waals surface area contributed by atoms with Gasteiger partial charge >= 0.3 is 6.18 Å². The summed E-state index contributed by atoms with van der Waals surface area (Å²) in [5, 5.41) is 11.9. The first-order valence-electron chi connectivity index (χ1n) is 10.5. The van der Waals surface area contributed by atoms with E-state index in [2.05, 4.69) is 15.5 Å². The normalized spacial score (nSPS) is 11.5. The predicted octanol–water partition coefficient (Wildman–Crippen LogP) is 5.71. The lowest BCUT2D eigenvalue weighted by atomic mass is 10.1. The van der Waals surface area contributed by atoms with Crippen LogP contribution in [-0.4, -0.2) is 25.5 Å². The summed E-state index contributed by atoms with van der Waals surface area (Å²) < 4.78 is 47.7. The van der Waals surface area contributed by atoms with Gasteiger partial charge in [-0.3, -0.25) is 9.48 Å². The molecular formula is C24H21ClF3N5O2. The summed E-state index contributed by atoms with van der Waals surface area (Å²) in [7, 11) is 0. The molecule has 2 aromatic heterocycles. The summed E-state index contributed by atoms with van der Waals surface area (Å²) in [5.41, 5.74) is 1.61. The molecular weight excluding hydrogens is 483 g/mol. The number of nitrogens with one attached hydrogen (secondary N) is 1. The first-order valence-corrected chi connectivity index (χ1v) is 10.9. The average Bonchev–Trinajstić information content (AvgIpc) is 3.38. The van der Waals surface area contributed by atoms with E-state index in [1.807, 2.05) is 0 Å². The molecule has 0 unspecified atom stereocenters. The van der Waals surface area contributed by atoms with Gasteiger partial charge in [-0.05, 0) is 61.9 Å². The van der Waals surface area contributed by atoms with Crippen molar-refractivity contribution in [1.82, 2.24) is 19.6 Å². The fourth-order valence-corrected chi connectivity index (χ4v) is 3.65. The van der Waals surface area contributed by atoms with Crippen molar-refractivity contribution in [3.63, 3.8) is 0 Å². The van der Waals surface area contributed by atoms with Crippen molar-refractivity contribution in [2.75, 3.05) is 5.32 Å². The largest absolute Gasteiger partial charge is 0.471 e. The van der Waals surface area contributed by atoms with Gasteiger partial charge in [-0.1, -0.05) is 23.7 Å². The van der Waals surface area contributed by atoms with Gasteiger partial charge in [0.25, 0.3) is 5.91 Å². The molecule has 0 spiro atoms. The summed E-state index contributed by atoms with van der Waals surface area (Å²) in [4.78, 5) is 13.0. The molecule has 0 aliphatic rings. The van der Waals surface area contributed by atoms with Crippen molar-refractivity contribution in [2.45, 2.75) is 33.3 Å². The smallest absolute Gasteiger partial charge is 0.416 e. The molecule has 7 nitrogen and oxygen atoms in total. The van der Waals surface area contributed by atoms with Crippen LogP contribution in [-0.2, 0) is 19.5 Å². The number of rotatable bonds is 7. The highest BCUT2D eigenvalue weighted by molar-refractivity contribution is 6.30. The van der Waals surface area contributed by atoms with E-state index in [-0.39, 0.29) is 19.0 Å². The second kappa shape index (κ2) is 9.83. The minimum atomic E-state index is -4.43. The number of benzene rings is 2. The Balaban J connectivity index is 1.47. The van der Waals surface area contributed by atoms with E-state index in [4.69, 9.17) is 16.3 Å². The van der Waals surface area contributed by atoms with Gasteiger partial charge in [-0.2, -0.15) is 23.4 Å². The van der Waals surface area contributed by atoms with Crippen LogP contribution in [0.2, 0.25) is 5.02 Å². The standard InChI is InChI=1S/C24H21ClF3N5O2/c1-15-22(16(2)32(31-15)13-17-4-3-5-18(12-17)24(26,27)28)30-23(34)21-10-11-29-33(21)14-35-20-8-6-19(25)7-9-20/h3-12H,13-14H2,1-2H3,(H,30,34). The third-order valence-electron chi connectivity index (χ3n) is 5.32. The van der Waals surface area contributed by atoms with Gasteiger partial charge in [-0.25, -0.2) is 4.68 Å². The zero-order valence-electron chi connectivity index (χ0n) is 18.8. The van der Waals surface area contributed by atoms with Crippen molar-refractivity contribution in [1.29, 1.82) is 0 Å². The van der Waals surface area contributed by atoms with E-state index in [0.29, 0.717) is 33.4 Å². The number of carbonyl (C=O) groups is 1. The van der Waals surface area contributed by atoms with Crippen LogP contribution in [0.3, 0.4) is 0 Å². The Bertz CT molecular complexity index is 1350. The highest BCUT2D eigenvalue weighted by atomic mass is 35.5. The van der Waals surface area contributed by atoms with Crippen LogP contribution in [0.1, 0.15) is 33.0 Å². The number of alkyl halides is 3. The Morgan fingerprint density at radius 1 is 1.09 bits per heavy atom. The van der Waals surface area contributed by atoms with Crippen molar-refractivity contribution in [2.24, 2.45) is 0 Å². The Morgan fingerprint density at radius 3 is 2.54 bits per heavy atom. The molecule has 0 radical (unpaired) electrons. The number of halogens is 4. The van der Waals surface area contributed by atoms with Crippen LogP contribution in [0, 0.1) is 13.8 Å². The van der Waals surface area contributed by atoms with Crippen molar-refractivity contribution in [3.05, 3.63) is 94.0 Å². The SMILES string of the molecule is Cc1nn(Cc2cccc(C(F)(F)F)c2)c(C)c1NC(=O)c1ccnn1COc1ccc(Cl)cc1. The average molecular weight is 504 g/mol. The monoisotopic (exact) mass is 503 g/mol. The van der Waals surface area contributed by atoms with Gasteiger partial charge in [0.05, 0.1) is 29.2 Å². The van der Waals surface area contributed by atoms with E-state index in [1.165, 1.54) is 16.9 Å². The Kier molecular flexibility index (Phi) is 6.83. The Labute approximate surface area is 204 Å². The fraction of sp³-hybridized carbons (Fsp3) is 0.208. The number of amides is 1. The van der Waals surface area contributed by atoms with E-state index in [9.17, 15) is 18.0 Å². The molecule has 0 saturated carbocycles. The third kappa shape index (κ3) is 5.65. The molecule has 2 aromatic carbocycles. The second-order valence-electron chi connectivity index (χ2n) is 7.80. The molecule has 0 aliphatic heterocycles. The number of aryl methyl sites for hydroxylation is 1. The molecule has 0 aliphatic carbocycles. The molecule has 0 fully saturated rings. The quantitative estimate of drug-likeness (QED) is 0.351. The van der Waals surface area contributed by atoms with Crippen LogP contribution in [0.25, 0.3) is 0 Å². The van der Waals surface area contributed by atoms with E-state index in [0.717, 1.165) is 12.1 Å². The molecule has 0 atom stereocenters. The summed E-state index contributed by atoms with van der Waals surface area (Å²) in [6.45, 7) is 3.58. The Morgan fingerprint density at radius 2 is 1.83 bits per heavy atom. The molecule has 11 heteroatoms. The lowest BCUT2D eigenvalue weighted by Crippen LogP contribution is -2.20. The van der Waals surface area contributed by atoms with E-state index >= 15 is 0 Å². The maximum Gasteiger partial charge on any atom is 0.416 e. The fourth-order valence-electron chi connectivity index (χ4n) is 3.52. The number of hydrogen-bond acceptors (Lipinski definition) is 4. The Hall–Kier alpha value is -3.79. The minimum absolute atomic E-state index is 0.00412. The first-order chi connectivity index (χ1) is 16.6. The summed E-state index contributed by atoms with van der Waals surface area (Å²) in [6, 6.07) is 13.4. The number of aromatic nitrogens is 4. The number of anilines is 1. The van der Waals surface area contributed by atoms with Crippen LogP contribution >= 0.6 is 11.6 Å². The maximum atomic E-state index is 13.0. The summed E-state index contributed by atoms with van der Waals surface area (Å²) in [6.07, 6.45) is -2.94. The molecule has 0 bridgehead atoms. The van der Waals surface area contributed by atoms with Crippen molar-refractivity contribution < 1.29 is 22.7 Å². The number of hydrogen-bond donors (Lipinski definition) is 1. The molecule has 182 valence electrons. The lowest BCUT2D eigenvalue weighted by Gasteiger charge is -2.11. The number of nitrogens with zero attached hydrogens (tertiary/aromatic N) is 4. The molecule has 4 aromatic rings. The van der Waals surface area contributed by atoms with Gasteiger partial charge in [0, 0.05) is 11.2 Å². The first kappa shape index (κ1) is 24.3. The number of ether oxygens (including phenoxy) is 1. The number of carbonyl (C=O) groups excluding carboxylic acids is 1. The zero-order valence-corrected chi connectivity index (χ0v) is 19.6. The zero-order chi connectivity index (χ0) is 25.2. The van der Waals surface area contributed by atoms with Crippen molar-refractivity contribution in [3.8, 4) is 5.75 Å². The molecule has 0 saturated heterocycles. The van der Waals surface area contributed by atoms with E-state index < -0.39 is 17.6 Å². The highest BCUT2D eigenvalue weighted by Gasteiger charge is 2.30. The van der Waals surface area contributed by atoms with Crippen molar-refractivity contribution >= 4 is 23.2 Å². The van der Waals surface area contributed by atoms with Crippen LogP contribution in [0.15, 0.2) is 60.8 Å². The molecule has 35 heavy (non-hydrogen) atoms. The molecule has 1 amide bonds. The maximum absolute atomic E-state index is 13.0. The molecule has 2 heterocycles. The molecule has 1 N–H and O–H groups in total.